The predicted molar refractivity (Wildman–Crippen MR) is 179 cm³/mol. The van der Waals surface area contributed by atoms with E-state index in [1.54, 1.807) is 38.5 Å². The summed E-state index contributed by atoms with van der Waals surface area (Å²) in [5.41, 5.74) is 2.19. The zero-order valence-corrected chi connectivity index (χ0v) is 27.7. The van der Waals surface area contributed by atoms with Gasteiger partial charge in [0.15, 0.2) is 6.61 Å². The van der Waals surface area contributed by atoms with E-state index in [2.05, 4.69) is 5.32 Å². The molecule has 1 heterocycles. The molecule has 48 heavy (non-hydrogen) atoms. The number of nitrogens with one attached hydrogen (secondary N) is 1. The second-order valence-corrected chi connectivity index (χ2v) is 12.9. The molecule has 252 valence electrons. The van der Waals surface area contributed by atoms with Gasteiger partial charge in [0.2, 0.25) is 15.9 Å². The van der Waals surface area contributed by atoms with E-state index in [0.29, 0.717) is 36.0 Å². The molecule has 1 saturated heterocycles. The average molecular weight is 674 g/mol. The average Bonchev–Trinajstić information content (AvgIpc) is 3.14. The van der Waals surface area contributed by atoms with Crippen LogP contribution in [0.5, 0.6) is 17.2 Å². The van der Waals surface area contributed by atoms with E-state index in [4.69, 9.17) is 18.9 Å². The van der Waals surface area contributed by atoms with Crippen molar-refractivity contribution < 1.29 is 37.0 Å². The molecule has 0 radical (unpaired) electrons. The van der Waals surface area contributed by atoms with E-state index < -0.39 is 28.6 Å². The fraction of sp³-hybridized carbons (Fsp3) is 0.278. The Morgan fingerprint density at radius 1 is 0.833 bits per heavy atom. The van der Waals surface area contributed by atoms with E-state index >= 15 is 0 Å². The fourth-order valence-corrected chi connectivity index (χ4v) is 6.77. The Morgan fingerprint density at radius 3 is 2.15 bits per heavy atom. The van der Waals surface area contributed by atoms with Crippen molar-refractivity contribution in [2.45, 2.75) is 24.0 Å². The molecule has 11 nitrogen and oxygen atoms in total. The molecule has 1 N–H and O–H groups in total. The molecule has 0 aromatic heterocycles. The first kappa shape index (κ1) is 34.4. The van der Waals surface area contributed by atoms with Crippen molar-refractivity contribution in [1.82, 2.24) is 14.5 Å². The summed E-state index contributed by atoms with van der Waals surface area (Å²) in [6.45, 7) is 1.16. The Hall–Kier alpha value is -4.91. The molecule has 12 heteroatoms. The van der Waals surface area contributed by atoms with Crippen molar-refractivity contribution in [2.24, 2.45) is 0 Å². The highest BCUT2D eigenvalue weighted by atomic mass is 32.2. The number of amides is 2. The molecule has 0 spiro atoms. The monoisotopic (exact) mass is 673 g/mol. The quantitative estimate of drug-likeness (QED) is 0.212. The maximum Gasteiger partial charge on any atom is 0.261 e. The smallest absolute Gasteiger partial charge is 0.261 e. The lowest BCUT2D eigenvalue weighted by atomic mass is 10.0. The van der Waals surface area contributed by atoms with Crippen molar-refractivity contribution in [1.29, 1.82) is 0 Å². The largest absolute Gasteiger partial charge is 0.497 e. The van der Waals surface area contributed by atoms with Gasteiger partial charge in [-0.1, -0.05) is 60.7 Å². The number of carbonyl (C=O) groups excluding carboxylic acids is 2. The van der Waals surface area contributed by atoms with Gasteiger partial charge < -0.3 is 29.2 Å². The normalized spacial score (nSPS) is 14.0. The molecule has 1 aliphatic heterocycles. The summed E-state index contributed by atoms with van der Waals surface area (Å²) in [4.78, 5) is 29.6. The molecule has 4 aromatic rings. The number of nitrogens with zero attached hydrogens (tertiary/aromatic N) is 2. The number of morpholine rings is 1. The summed E-state index contributed by atoms with van der Waals surface area (Å²) in [6.07, 6.45) is 0. The molecule has 0 aliphatic carbocycles. The lowest BCUT2D eigenvalue weighted by Gasteiger charge is -2.31. The van der Waals surface area contributed by atoms with Crippen LogP contribution in [0.3, 0.4) is 0 Å². The number of hydrogen-bond acceptors (Lipinski definition) is 8. The van der Waals surface area contributed by atoms with E-state index in [9.17, 15) is 18.0 Å². The molecule has 1 atom stereocenters. The fourth-order valence-electron chi connectivity index (χ4n) is 5.36. The highest BCUT2D eigenvalue weighted by molar-refractivity contribution is 7.89. The Morgan fingerprint density at radius 2 is 1.48 bits per heavy atom. The van der Waals surface area contributed by atoms with E-state index in [1.165, 1.54) is 33.5 Å². The summed E-state index contributed by atoms with van der Waals surface area (Å²) in [5, 5.41) is 2.99. The summed E-state index contributed by atoms with van der Waals surface area (Å²) in [5.74, 6) is 0.778. The van der Waals surface area contributed by atoms with Crippen molar-refractivity contribution in [3.8, 4) is 17.2 Å². The van der Waals surface area contributed by atoms with E-state index in [1.807, 2.05) is 54.6 Å². The van der Waals surface area contributed by atoms with Crippen LogP contribution < -0.4 is 19.5 Å². The van der Waals surface area contributed by atoms with Crippen molar-refractivity contribution in [2.75, 3.05) is 47.1 Å². The van der Waals surface area contributed by atoms with Gasteiger partial charge in [-0.3, -0.25) is 9.59 Å². The lowest BCUT2D eigenvalue weighted by molar-refractivity contribution is -0.143. The third-order valence-corrected chi connectivity index (χ3v) is 9.86. The van der Waals surface area contributed by atoms with E-state index in [0.717, 1.165) is 11.1 Å². The highest BCUT2D eigenvalue weighted by Gasteiger charge is 2.32. The van der Waals surface area contributed by atoms with Crippen LogP contribution in [-0.2, 0) is 37.4 Å². The molecule has 5 rings (SSSR count). The number of hydrogen-bond donors (Lipinski definition) is 1. The predicted octanol–water partition coefficient (Wildman–Crippen LogP) is 4.19. The summed E-state index contributed by atoms with van der Waals surface area (Å²) in [7, 11) is -0.541. The maximum absolute atomic E-state index is 14.0. The maximum atomic E-state index is 14.0. The van der Waals surface area contributed by atoms with Crippen molar-refractivity contribution in [3.05, 3.63) is 120 Å². The van der Waals surface area contributed by atoms with Crippen LogP contribution in [0.25, 0.3) is 0 Å². The van der Waals surface area contributed by atoms with Gasteiger partial charge in [0, 0.05) is 31.7 Å². The third kappa shape index (κ3) is 8.51. The number of sulfonamides is 1. The first-order chi connectivity index (χ1) is 23.3. The minimum Gasteiger partial charge on any atom is -0.497 e. The topological polar surface area (TPSA) is 124 Å². The Balaban J connectivity index is 1.38. The zero-order chi connectivity index (χ0) is 33.9. The third-order valence-electron chi connectivity index (χ3n) is 7.95. The first-order valence-electron chi connectivity index (χ1n) is 15.5. The van der Waals surface area contributed by atoms with Crippen molar-refractivity contribution in [3.63, 3.8) is 0 Å². The number of para-hydroxylation sites is 1. The molecular formula is C36H39N3O8S. The molecule has 1 aliphatic rings. The van der Waals surface area contributed by atoms with Crippen LogP contribution in [0.2, 0.25) is 0 Å². The van der Waals surface area contributed by atoms with Crippen LogP contribution in [-0.4, -0.2) is 76.6 Å². The molecule has 4 aromatic carbocycles. The second kappa shape index (κ2) is 16.3. The SMILES string of the molecule is COc1ccc(CN(C(=O)COc2ccc(S(=O)(=O)N3CCOCC3)cc2)C(C(=O)NCc2ccccc2OC)c2ccccc2)cc1. The molecular weight excluding hydrogens is 634 g/mol. The van der Waals surface area contributed by atoms with Gasteiger partial charge in [-0.25, -0.2) is 8.42 Å². The van der Waals surface area contributed by atoms with Crippen LogP contribution in [0.15, 0.2) is 108 Å². The molecule has 2 amide bonds. The van der Waals surface area contributed by atoms with Crippen LogP contribution in [0.4, 0.5) is 0 Å². The minimum atomic E-state index is -3.68. The number of methoxy groups -OCH3 is 2. The van der Waals surface area contributed by atoms with Gasteiger partial charge in [0.05, 0.1) is 32.3 Å². The van der Waals surface area contributed by atoms with Gasteiger partial charge in [-0.2, -0.15) is 4.31 Å². The highest BCUT2D eigenvalue weighted by Crippen LogP contribution is 2.27. The Labute approximate surface area is 281 Å². The van der Waals surface area contributed by atoms with Crippen molar-refractivity contribution >= 4 is 21.8 Å². The Kier molecular flexibility index (Phi) is 11.7. The second-order valence-electron chi connectivity index (χ2n) is 11.0. The van der Waals surface area contributed by atoms with E-state index in [-0.39, 0.29) is 37.0 Å². The summed E-state index contributed by atoms with van der Waals surface area (Å²) >= 11 is 0. The summed E-state index contributed by atoms with van der Waals surface area (Å²) in [6, 6.07) is 28.7. The van der Waals surface area contributed by atoms with Gasteiger partial charge in [0.1, 0.15) is 23.3 Å². The number of rotatable bonds is 14. The van der Waals surface area contributed by atoms with Crippen LogP contribution >= 0.6 is 0 Å². The summed E-state index contributed by atoms with van der Waals surface area (Å²) < 4.78 is 49.4. The number of benzene rings is 4. The van der Waals surface area contributed by atoms with Gasteiger partial charge in [-0.15, -0.1) is 0 Å². The van der Waals surface area contributed by atoms with Crippen LogP contribution in [0, 0.1) is 0 Å². The number of carbonyl (C=O) groups is 2. The standard InChI is InChI=1S/C36H39N3O8S/c1-44-30-14-12-27(13-15-30)25-39(34(40)26-47-31-16-18-32(19-17-31)48(42,43)38-20-22-46-23-21-38)35(28-8-4-3-5-9-28)36(41)37-24-29-10-6-7-11-33(29)45-2/h3-19,35H,20-26H2,1-2H3,(H,37,41). The van der Waals surface area contributed by atoms with Gasteiger partial charge in [-0.05, 0) is 53.6 Å². The minimum absolute atomic E-state index is 0.102. The molecule has 1 fully saturated rings. The van der Waals surface area contributed by atoms with Crippen LogP contribution in [0.1, 0.15) is 22.7 Å². The Bertz CT molecular complexity index is 1760. The lowest BCUT2D eigenvalue weighted by Crippen LogP contribution is -2.45. The zero-order valence-electron chi connectivity index (χ0n) is 26.9. The van der Waals surface area contributed by atoms with Gasteiger partial charge in [0.25, 0.3) is 5.91 Å². The number of ether oxygens (including phenoxy) is 4. The van der Waals surface area contributed by atoms with Gasteiger partial charge >= 0.3 is 0 Å². The molecule has 1 unspecified atom stereocenters. The molecule has 0 bridgehead atoms. The first-order valence-corrected chi connectivity index (χ1v) is 16.9. The molecule has 0 saturated carbocycles.